The van der Waals surface area contributed by atoms with E-state index in [1.165, 1.54) is 22.3 Å². The average molecular weight is 358 g/mol. The van der Waals surface area contributed by atoms with E-state index in [-0.39, 0.29) is 0 Å². The highest BCUT2D eigenvalue weighted by molar-refractivity contribution is 5.72. The van der Waals surface area contributed by atoms with E-state index >= 15 is 0 Å². The summed E-state index contributed by atoms with van der Waals surface area (Å²) in [4.78, 5) is 9.57. The lowest BCUT2D eigenvalue weighted by Crippen LogP contribution is -2.21. The van der Waals surface area contributed by atoms with E-state index in [2.05, 4.69) is 78.7 Å². The maximum Gasteiger partial charge on any atom is 0.223 e. The van der Waals surface area contributed by atoms with E-state index in [1.807, 2.05) is 6.20 Å². The summed E-state index contributed by atoms with van der Waals surface area (Å²) in [6, 6.07) is 19.9. The van der Waals surface area contributed by atoms with Crippen LogP contribution >= 0.6 is 0 Å². The molecule has 2 aromatic carbocycles. The summed E-state index contributed by atoms with van der Waals surface area (Å²) in [5, 5.41) is 3.53. The summed E-state index contributed by atoms with van der Waals surface area (Å²) in [5.74, 6) is 1.11. The van der Waals surface area contributed by atoms with Gasteiger partial charge in [-0.1, -0.05) is 74.9 Å². The molecule has 0 saturated heterocycles. The van der Waals surface area contributed by atoms with Crippen molar-refractivity contribution in [2.24, 2.45) is 0 Å². The maximum atomic E-state index is 4.93. The standard InChI is InChI=1S/C24H27N3/c1-3-10-19(4-2)26-24-25-16-18-15-22(17-11-6-5-7-12-17)20-13-8-9-14-21(20)23(18)27-24/h5-9,11-14,16,19,22H,3-4,10,15H2,1-2H3,(H,25,26,27). The molecule has 1 N–H and O–H groups in total. The Balaban J connectivity index is 1.72. The number of aromatic nitrogens is 2. The zero-order valence-corrected chi connectivity index (χ0v) is 16.2. The number of anilines is 1. The topological polar surface area (TPSA) is 37.8 Å². The Morgan fingerprint density at radius 3 is 2.59 bits per heavy atom. The lowest BCUT2D eigenvalue weighted by atomic mass is 9.78. The average Bonchev–Trinajstić information content (AvgIpc) is 2.73. The van der Waals surface area contributed by atoms with E-state index in [0.717, 1.165) is 37.3 Å². The van der Waals surface area contributed by atoms with E-state index in [1.54, 1.807) is 0 Å². The third-order valence-corrected chi connectivity index (χ3v) is 5.55. The van der Waals surface area contributed by atoms with Crippen LogP contribution in [0.5, 0.6) is 0 Å². The van der Waals surface area contributed by atoms with Gasteiger partial charge in [0.25, 0.3) is 0 Å². The van der Waals surface area contributed by atoms with Crippen molar-refractivity contribution in [2.75, 3.05) is 5.32 Å². The van der Waals surface area contributed by atoms with Crippen molar-refractivity contribution >= 4 is 5.95 Å². The highest BCUT2D eigenvalue weighted by atomic mass is 15.1. The number of rotatable bonds is 6. The second-order valence-corrected chi connectivity index (χ2v) is 7.36. The Bertz CT molecular complexity index is 905. The molecular formula is C24H27N3. The predicted octanol–water partition coefficient (Wildman–Crippen LogP) is 5.82. The number of fused-ring (bicyclic) bond motifs is 3. The second kappa shape index (κ2) is 7.91. The van der Waals surface area contributed by atoms with Crippen molar-refractivity contribution in [2.45, 2.75) is 51.5 Å². The van der Waals surface area contributed by atoms with Crippen molar-refractivity contribution in [3.05, 3.63) is 77.5 Å². The van der Waals surface area contributed by atoms with Gasteiger partial charge in [0.15, 0.2) is 0 Å². The smallest absolute Gasteiger partial charge is 0.223 e. The zero-order chi connectivity index (χ0) is 18.6. The van der Waals surface area contributed by atoms with E-state index in [0.29, 0.717) is 12.0 Å². The molecule has 1 heterocycles. The van der Waals surface area contributed by atoms with Crippen LogP contribution in [0.15, 0.2) is 60.8 Å². The van der Waals surface area contributed by atoms with Gasteiger partial charge in [-0.2, -0.15) is 0 Å². The second-order valence-electron chi connectivity index (χ2n) is 7.36. The molecule has 0 amide bonds. The Morgan fingerprint density at radius 1 is 1.04 bits per heavy atom. The molecule has 27 heavy (non-hydrogen) atoms. The molecule has 0 saturated carbocycles. The number of benzene rings is 2. The minimum atomic E-state index is 0.362. The van der Waals surface area contributed by atoms with E-state index in [9.17, 15) is 0 Å². The van der Waals surface area contributed by atoms with Crippen LogP contribution in [0.3, 0.4) is 0 Å². The Kier molecular flexibility index (Phi) is 5.19. The quantitative estimate of drug-likeness (QED) is 0.604. The highest BCUT2D eigenvalue weighted by Gasteiger charge is 2.27. The normalized spacial score (nSPS) is 16.3. The fourth-order valence-electron chi connectivity index (χ4n) is 4.10. The van der Waals surface area contributed by atoms with Crippen molar-refractivity contribution in [1.82, 2.24) is 9.97 Å². The van der Waals surface area contributed by atoms with Gasteiger partial charge in [0.1, 0.15) is 0 Å². The van der Waals surface area contributed by atoms with Gasteiger partial charge in [0.2, 0.25) is 5.95 Å². The number of hydrogen-bond acceptors (Lipinski definition) is 3. The molecule has 1 aliphatic rings. The number of nitrogens with zero attached hydrogens (tertiary/aromatic N) is 2. The minimum absolute atomic E-state index is 0.362. The number of nitrogens with one attached hydrogen (secondary N) is 1. The van der Waals surface area contributed by atoms with E-state index < -0.39 is 0 Å². The molecule has 0 radical (unpaired) electrons. The van der Waals surface area contributed by atoms with Crippen LogP contribution in [0.4, 0.5) is 5.95 Å². The predicted molar refractivity (Wildman–Crippen MR) is 112 cm³/mol. The zero-order valence-electron chi connectivity index (χ0n) is 16.2. The van der Waals surface area contributed by atoms with Gasteiger partial charge in [-0.05, 0) is 36.0 Å². The fraction of sp³-hybridized carbons (Fsp3) is 0.333. The molecule has 4 rings (SSSR count). The summed E-state index contributed by atoms with van der Waals surface area (Å²) in [7, 11) is 0. The Hall–Kier alpha value is -2.68. The third-order valence-electron chi connectivity index (χ3n) is 5.55. The van der Waals surface area contributed by atoms with Gasteiger partial charge in [0, 0.05) is 23.7 Å². The van der Waals surface area contributed by atoms with Gasteiger partial charge >= 0.3 is 0 Å². The first-order chi connectivity index (χ1) is 13.3. The van der Waals surface area contributed by atoms with Gasteiger partial charge in [-0.15, -0.1) is 0 Å². The van der Waals surface area contributed by atoms with Crippen LogP contribution in [-0.4, -0.2) is 16.0 Å². The first-order valence-corrected chi connectivity index (χ1v) is 10.1. The molecule has 3 heteroatoms. The summed E-state index contributed by atoms with van der Waals surface area (Å²) in [5.41, 5.74) is 6.27. The van der Waals surface area contributed by atoms with Crippen LogP contribution in [-0.2, 0) is 6.42 Å². The summed E-state index contributed by atoms with van der Waals surface area (Å²) in [6.07, 6.45) is 6.36. The molecule has 2 unspecified atom stereocenters. The van der Waals surface area contributed by atoms with Gasteiger partial charge in [0.05, 0.1) is 5.69 Å². The Labute approximate surface area is 161 Å². The molecule has 3 nitrogen and oxygen atoms in total. The minimum Gasteiger partial charge on any atom is -0.351 e. The molecule has 1 aliphatic carbocycles. The van der Waals surface area contributed by atoms with Crippen molar-refractivity contribution < 1.29 is 0 Å². The first kappa shape index (κ1) is 17.7. The molecule has 0 spiro atoms. The molecule has 3 aromatic rings. The van der Waals surface area contributed by atoms with Crippen LogP contribution in [0.25, 0.3) is 11.3 Å². The van der Waals surface area contributed by atoms with Gasteiger partial charge < -0.3 is 5.32 Å². The molecular weight excluding hydrogens is 330 g/mol. The molecule has 0 aliphatic heterocycles. The van der Waals surface area contributed by atoms with Crippen molar-refractivity contribution in [3.63, 3.8) is 0 Å². The fourth-order valence-corrected chi connectivity index (χ4v) is 4.10. The maximum absolute atomic E-state index is 4.93. The number of hydrogen-bond donors (Lipinski definition) is 1. The first-order valence-electron chi connectivity index (χ1n) is 10.1. The van der Waals surface area contributed by atoms with Crippen LogP contribution in [0.2, 0.25) is 0 Å². The summed E-state index contributed by atoms with van der Waals surface area (Å²) >= 11 is 0. The highest BCUT2D eigenvalue weighted by Crippen LogP contribution is 2.41. The summed E-state index contributed by atoms with van der Waals surface area (Å²) in [6.45, 7) is 4.43. The largest absolute Gasteiger partial charge is 0.351 e. The van der Waals surface area contributed by atoms with E-state index in [4.69, 9.17) is 4.98 Å². The monoisotopic (exact) mass is 357 g/mol. The lowest BCUT2D eigenvalue weighted by molar-refractivity contribution is 0.617. The summed E-state index contributed by atoms with van der Waals surface area (Å²) < 4.78 is 0. The van der Waals surface area contributed by atoms with Gasteiger partial charge in [-0.3, -0.25) is 0 Å². The van der Waals surface area contributed by atoms with Crippen LogP contribution in [0.1, 0.15) is 55.7 Å². The molecule has 2 atom stereocenters. The third kappa shape index (κ3) is 3.59. The van der Waals surface area contributed by atoms with Crippen LogP contribution in [0, 0.1) is 0 Å². The van der Waals surface area contributed by atoms with Crippen LogP contribution < -0.4 is 5.32 Å². The lowest BCUT2D eigenvalue weighted by Gasteiger charge is -2.28. The molecule has 0 bridgehead atoms. The van der Waals surface area contributed by atoms with Crippen molar-refractivity contribution in [3.8, 4) is 11.3 Å². The SMILES string of the molecule is CCCC(CC)Nc1ncc2c(n1)-c1ccccc1C(c1ccccc1)C2. The Morgan fingerprint density at radius 2 is 1.81 bits per heavy atom. The van der Waals surface area contributed by atoms with Gasteiger partial charge in [-0.25, -0.2) is 9.97 Å². The molecule has 1 aromatic heterocycles. The molecule has 138 valence electrons. The molecule has 0 fully saturated rings. The van der Waals surface area contributed by atoms with Crippen molar-refractivity contribution in [1.29, 1.82) is 0 Å².